The van der Waals surface area contributed by atoms with Crippen LogP contribution in [0.15, 0.2) is 83.8 Å². The number of nitrogens with one attached hydrogen (secondary N) is 1. The lowest BCUT2D eigenvalue weighted by molar-refractivity contribution is -0.139. The quantitative estimate of drug-likeness (QED) is 0.310. The standard InChI is InChI=1S/C30H36FN3O5S/c1-4-20-32-30(36)28(5-2)33(21-19-23-9-7-6-8-10-23)29(35)22-34(25-13-11-24(31)12-14-25)40(37,38)27-17-15-26(39-3)16-18-27/h6-18,28H,4-5,19-22H2,1-3H3,(H,32,36)/t28-/m1/s1. The van der Waals surface area contributed by atoms with Crippen molar-refractivity contribution >= 4 is 27.5 Å². The normalized spacial score (nSPS) is 11.9. The molecule has 0 saturated carbocycles. The van der Waals surface area contributed by atoms with Crippen LogP contribution in [0.4, 0.5) is 10.1 Å². The number of nitrogens with zero attached hydrogens (tertiary/aromatic N) is 2. The van der Waals surface area contributed by atoms with Crippen molar-refractivity contribution in [1.29, 1.82) is 0 Å². The number of methoxy groups -OCH3 is 1. The Hall–Kier alpha value is -3.92. The van der Waals surface area contributed by atoms with Gasteiger partial charge in [-0.05, 0) is 73.4 Å². The van der Waals surface area contributed by atoms with E-state index in [9.17, 15) is 22.4 Å². The van der Waals surface area contributed by atoms with E-state index in [2.05, 4.69) is 5.32 Å². The highest BCUT2D eigenvalue weighted by molar-refractivity contribution is 7.92. The van der Waals surface area contributed by atoms with Crippen LogP contribution in [0, 0.1) is 5.82 Å². The molecule has 0 saturated heterocycles. The summed E-state index contributed by atoms with van der Waals surface area (Å²) in [5, 5.41) is 2.86. The Bertz CT molecular complexity index is 1350. The van der Waals surface area contributed by atoms with Crippen molar-refractivity contribution in [1.82, 2.24) is 10.2 Å². The minimum Gasteiger partial charge on any atom is -0.497 e. The van der Waals surface area contributed by atoms with E-state index in [-0.39, 0.29) is 23.0 Å². The third-order valence-electron chi connectivity index (χ3n) is 6.46. The molecule has 10 heteroatoms. The lowest BCUT2D eigenvalue weighted by Crippen LogP contribution is -2.53. The van der Waals surface area contributed by atoms with E-state index in [1.807, 2.05) is 44.2 Å². The molecule has 0 radical (unpaired) electrons. The smallest absolute Gasteiger partial charge is 0.264 e. The summed E-state index contributed by atoms with van der Waals surface area (Å²) in [5.41, 5.74) is 1.10. The second-order valence-electron chi connectivity index (χ2n) is 9.20. The van der Waals surface area contributed by atoms with Crippen molar-refractivity contribution in [2.75, 3.05) is 31.0 Å². The first-order chi connectivity index (χ1) is 19.2. The number of sulfonamides is 1. The van der Waals surface area contributed by atoms with Gasteiger partial charge >= 0.3 is 0 Å². The number of rotatable bonds is 14. The summed E-state index contributed by atoms with van der Waals surface area (Å²) >= 11 is 0. The second kappa shape index (κ2) is 14.5. The molecule has 8 nitrogen and oxygen atoms in total. The molecular weight excluding hydrogens is 533 g/mol. The van der Waals surface area contributed by atoms with Gasteiger partial charge in [0.25, 0.3) is 10.0 Å². The van der Waals surface area contributed by atoms with Gasteiger partial charge in [-0.25, -0.2) is 12.8 Å². The maximum atomic E-state index is 13.9. The minimum absolute atomic E-state index is 0.0611. The van der Waals surface area contributed by atoms with Gasteiger partial charge in [0, 0.05) is 13.1 Å². The third kappa shape index (κ3) is 7.81. The van der Waals surface area contributed by atoms with E-state index >= 15 is 0 Å². The van der Waals surface area contributed by atoms with Gasteiger partial charge in [-0.1, -0.05) is 44.2 Å². The highest BCUT2D eigenvalue weighted by atomic mass is 32.2. The molecule has 1 N–H and O–H groups in total. The fourth-order valence-electron chi connectivity index (χ4n) is 4.27. The average molecular weight is 570 g/mol. The van der Waals surface area contributed by atoms with Crippen molar-refractivity contribution in [2.24, 2.45) is 0 Å². The first-order valence-electron chi connectivity index (χ1n) is 13.2. The SMILES string of the molecule is CCCNC(=O)[C@@H](CC)N(CCc1ccccc1)C(=O)CN(c1ccc(F)cc1)S(=O)(=O)c1ccc(OC)cc1. The van der Waals surface area contributed by atoms with Crippen LogP contribution in [0.2, 0.25) is 0 Å². The van der Waals surface area contributed by atoms with Crippen LogP contribution >= 0.6 is 0 Å². The first kappa shape index (κ1) is 30.6. The summed E-state index contributed by atoms with van der Waals surface area (Å²) in [6, 6.07) is 19.4. The molecule has 0 heterocycles. The molecule has 0 aliphatic rings. The molecule has 0 aliphatic carbocycles. The molecule has 40 heavy (non-hydrogen) atoms. The Morgan fingerprint density at radius 3 is 2.17 bits per heavy atom. The van der Waals surface area contributed by atoms with E-state index in [1.165, 1.54) is 48.4 Å². The molecule has 3 rings (SSSR count). The van der Waals surface area contributed by atoms with Crippen LogP contribution in [-0.4, -0.2) is 57.9 Å². The number of carbonyl (C=O) groups is 2. The summed E-state index contributed by atoms with van der Waals surface area (Å²) in [6.07, 6.45) is 1.56. The van der Waals surface area contributed by atoms with Crippen molar-refractivity contribution in [2.45, 2.75) is 44.0 Å². The van der Waals surface area contributed by atoms with E-state index in [4.69, 9.17) is 4.74 Å². The summed E-state index contributed by atoms with van der Waals surface area (Å²) in [7, 11) is -2.78. The maximum Gasteiger partial charge on any atom is 0.264 e. The molecule has 3 aromatic carbocycles. The van der Waals surface area contributed by atoms with Gasteiger partial charge < -0.3 is 15.0 Å². The molecule has 0 unspecified atom stereocenters. The van der Waals surface area contributed by atoms with Gasteiger partial charge in [0.2, 0.25) is 11.8 Å². The molecular formula is C30H36FN3O5S. The van der Waals surface area contributed by atoms with Gasteiger partial charge in [0.05, 0.1) is 17.7 Å². The fourth-order valence-corrected chi connectivity index (χ4v) is 5.69. The molecule has 1 atom stereocenters. The Balaban J connectivity index is 1.99. The van der Waals surface area contributed by atoms with Gasteiger partial charge in [-0.2, -0.15) is 0 Å². The highest BCUT2D eigenvalue weighted by Crippen LogP contribution is 2.26. The zero-order chi connectivity index (χ0) is 29.1. The summed E-state index contributed by atoms with van der Waals surface area (Å²) in [6.45, 7) is 3.84. The molecule has 0 bridgehead atoms. The number of benzene rings is 3. The third-order valence-corrected chi connectivity index (χ3v) is 8.25. The molecule has 3 aromatic rings. The number of anilines is 1. The van der Waals surface area contributed by atoms with E-state index in [0.717, 1.165) is 28.4 Å². The second-order valence-corrected chi connectivity index (χ2v) is 11.1. The zero-order valence-corrected chi connectivity index (χ0v) is 23.9. The molecule has 2 amide bonds. The Morgan fingerprint density at radius 2 is 1.60 bits per heavy atom. The van der Waals surface area contributed by atoms with Gasteiger partial charge in [0.15, 0.2) is 0 Å². The largest absolute Gasteiger partial charge is 0.497 e. The van der Waals surface area contributed by atoms with Crippen molar-refractivity contribution in [3.05, 3.63) is 90.2 Å². The minimum atomic E-state index is -4.25. The number of ether oxygens (including phenoxy) is 1. The van der Waals surface area contributed by atoms with E-state index in [1.54, 1.807) is 0 Å². The van der Waals surface area contributed by atoms with Crippen LogP contribution in [-0.2, 0) is 26.0 Å². The lowest BCUT2D eigenvalue weighted by atomic mass is 10.1. The van der Waals surface area contributed by atoms with Crippen molar-refractivity contribution in [3.63, 3.8) is 0 Å². The van der Waals surface area contributed by atoms with Crippen LogP contribution in [0.25, 0.3) is 0 Å². The molecule has 0 aromatic heterocycles. The summed E-state index contributed by atoms with van der Waals surface area (Å²) in [5.74, 6) is -0.910. The number of hydrogen-bond donors (Lipinski definition) is 1. The van der Waals surface area contributed by atoms with Crippen molar-refractivity contribution < 1.29 is 27.1 Å². The molecule has 0 fully saturated rings. The number of halogens is 1. The molecule has 214 valence electrons. The predicted octanol–water partition coefficient (Wildman–Crippen LogP) is 4.41. The topological polar surface area (TPSA) is 96.0 Å². The number of amides is 2. The fraction of sp³-hybridized carbons (Fsp3) is 0.333. The monoisotopic (exact) mass is 569 g/mol. The van der Waals surface area contributed by atoms with Crippen LogP contribution in [0.5, 0.6) is 5.75 Å². The Kier molecular flexibility index (Phi) is 11.1. The molecule has 0 spiro atoms. The van der Waals surface area contributed by atoms with Crippen LogP contribution in [0.3, 0.4) is 0 Å². The highest BCUT2D eigenvalue weighted by Gasteiger charge is 2.33. The van der Waals surface area contributed by atoms with E-state index in [0.29, 0.717) is 25.1 Å². The zero-order valence-electron chi connectivity index (χ0n) is 23.0. The number of hydrogen-bond acceptors (Lipinski definition) is 5. The predicted molar refractivity (Wildman–Crippen MR) is 153 cm³/mol. The van der Waals surface area contributed by atoms with Crippen LogP contribution < -0.4 is 14.4 Å². The van der Waals surface area contributed by atoms with E-state index < -0.39 is 34.3 Å². The summed E-state index contributed by atoms with van der Waals surface area (Å²) in [4.78, 5) is 28.4. The Labute approximate surface area is 235 Å². The van der Waals surface area contributed by atoms with Gasteiger partial charge in [0.1, 0.15) is 24.2 Å². The van der Waals surface area contributed by atoms with Crippen molar-refractivity contribution in [3.8, 4) is 5.75 Å². The van der Waals surface area contributed by atoms with Gasteiger partial charge in [-0.3, -0.25) is 13.9 Å². The first-order valence-corrected chi connectivity index (χ1v) is 14.7. The van der Waals surface area contributed by atoms with Crippen LogP contribution in [0.1, 0.15) is 32.3 Å². The molecule has 0 aliphatic heterocycles. The van der Waals surface area contributed by atoms with Gasteiger partial charge in [-0.15, -0.1) is 0 Å². The average Bonchev–Trinajstić information content (AvgIpc) is 2.97. The lowest BCUT2D eigenvalue weighted by Gasteiger charge is -2.33. The Morgan fingerprint density at radius 1 is 0.950 bits per heavy atom. The summed E-state index contributed by atoms with van der Waals surface area (Å²) < 4.78 is 47.5. The number of carbonyl (C=O) groups excluding carboxylic acids is 2. The maximum absolute atomic E-state index is 13.9.